The molecule has 4 rings (SSSR count). The molecule has 2 aromatic heterocycles. The lowest BCUT2D eigenvalue weighted by Gasteiger charge is -2.28. The van der Waals surface area contributed by atoms with Gasteiger partial charge in [0.25, 0.3) is 5.91 Å². The molecule has 0 saturated carbocycles. The average molecular weight is 383 g/mol. The monoisotopic (exact) mass is 383 g/mol. The van der Waals surface area contributed by atoms with Crippen molar-refractivity contribution in [2.24, 2.45) is 12.2 Å². The van der Waals surface area contributed by atoms with Crippen LogP contribution in [0.25, 0.3) is 10.2 Å². The Bertz CT molecular complexity index is 949. The van der Waals surface area contributed by atoms with Gasteiger partial charge in [0.1, 0.15) is 17.5 Å². The van der Waals surface area contributed by atoms with Crippen molar-refractivity contribution >= 4 is 37.4 Å². The quantitative estimate of drug-likeness (QED) is 0.676. The van der Waals surface area contributed by atoms with E-state index in [1.807, 2.05) is 18.2 Å². The number of aliphatic hydroxyl groups excluding tert-OH is 1. The van der Waals surface area contributed by atoms with Crippen LogP contribution < -0.4 is 10.2 Å². The molecule has 1 aromatic carbocycles. The van der Waals surface area contributed by atoms with E-state index in [9.17, 15) is 9.90 Å². The number of pyridine rings is 1. The molecule has 140 valence electrons. The van der Waals surface area contributed by atoms with Crippen LogP contribution in [0.5, 0.6) is 0 Å². The Balaban J connectivity index is 1.56. The standard InChI is InChI=1S/C20H22N4O2S/c1-27-18-12-15(22-19(26)17-4-2-3-9-21-17)5-6-16(18)23-20(27)24-10-7-14(13-25)8-11-24/h2-6,9,12,14,25H,7-8,10-11,13H2,1H3/p+1. The normalized spacial score (nSPS) is 15.9. The lowest BCUT2D eigenvalue weighted by molar-refractivity contribution is 0.102. The second-order valence-corrected chi connectivity index (χ2v) is 8.69. The maximum Gasteiger partial charge on any atom is 0.343 e. The maximum absolute atomic E-state index is 12.3. The summed E-state index contributed by atoms with van der Waals surface area (Å²) in [6, 6.07) is 11.2. The van der Waals surface area contributed by atoms with Crippen LogP contribution in [0.2, 0.25) is 0 Å². The molecule has 27 heavy (non-hydrogen) atoms. The van der Waals surface area contributed by atoms with E-state index in [0.29, 0.717) is 11.6 Å². The Hall–Kier alpha value is -2.51. The van der Waals surface area contributed by atoms with Gasteiger partial charge in [-0.25, -0.2) is 0 Å². The number of thiazole rings is 1. The highest BCUT2D eigenvalue weighted by Gasteiger charge is 2.28. The molecule has 1 amide bonds. The third-order valence-electron chi connectivity index (χ3n) is 5.08. The van der Waals surface area contributed by atoms with Gasteiger partial charge in [-0.05, 0) is 43.0 Å². The van der Waals surface area contributed by atoms with Gasteiger partial charge < -0.3 is 15.3 Å². The van der Waals surface area contributed by atoms with E-state index in [1.54, 1.807) is 24.4 Å². The predicted octanol–water partition coefficient (Wildman–Crippen LogP) is 3.38. The number of benzene rings is 1. The summed E-state index contributed by atoms with van der Waals surface area (Å²) >= 11 is 0. The molecule has 1 aliphatic heterocycles. The number of fused-ring (bicyclic) bond motifs is 1. The largest absolute Gasteiger partial charge is 0.396 e. The SMILES string of the molecule is C[s+]1c(N2CCC(CO)CC2)nc2ccc(NC(=O)c3ccccn3)cc21. The van der Waals surface area contributed by atoms with E-state index in [-0.39, 0.29) is 23.0 Å². The maximum atomic E-state index is 12.3. The Labute approximate surface area is 160 Å². The van der Waals surface area contributed by atoms with Crippen LogP contribution in [-0.2, 0) is 6.26 Å². The van der Waals surface area contributed by atoms with E-state index in [0.717, 1.165) is 47.0 Å². The van der Waals surface area contributed by atoms with Crippen molar-refractivity contribution in [1.29, 1.82) is 0 Å². The number of carbonyl (C=O) groups excluding carboxylic acids is 1. The zero-order chi connectivity index (χ0) is 18.8. The van der Waals surface area contributed by atoms with Crippen LogP contribution in [0.4, 0.5) is 10.8 Å². The fraction of sp³-hybridized carbons (Fsp3) is 0.350. The van der Waals surface area contributed by atoms with E-state index in [1.165, 1.54) is 0 Å². The molecular weight excluding hydrogens is 360 g/mol. The first kappa shape index (κ1) is 17.9. The molecule has 1 fully saturated rings. The summed E-state index contributed by atoms with van der Waals surface area (Å²) < 4.78 is 1.16. The molecule has 1 unspecified atom stereocenters. The van der Waals surface area contributed by atoms with Gasteiger partial charge in [0.05, 0.1) is 0 Å². The van der Waals surface area contributed by atoms with Crippen molar-refractivity contribution in [2.45, 2.75) is 12.8 Å². The summed E-state index contributed by atoms with van der Waals surface area (Å²) in [4.78, 5) is 23.6. The number of amides is 1. The molecule has 0 aliphatic carbocycles. The molecule has 3 heterocycles. The summed E-state index contributed by atoms with van der Waals surface area (Å²) in [6.45, 7) is 2.16. The number of nitrogens with zero attached hydrogens (tertiary/aromatic N) is 3. The minimum Gasteiger partial charge on any atom is -0.396 e. The van der Waals surface area contributed by atoms with Crippen molar-refractivity contribution in [2.75, 3.05) is 29.9 Å². The fourth-order valence-corrected chi connectivity index (χ4v) is 5.20. The Kier molecular flexibility index (Phi) is 5.05. The predicted molar refractivity (Wildman–Crippen MR) is 109 cm³/mol. The van der Waals surface area contributed by atoms with E-state index in [4.69, 9.17) is 4.98 Å². The molecule has 2 N–H and O–H groups in total. The number of rotatable bonds is 4. The van der Waals surface area contributed by atoms with E-state index < -0.39 is 0 Å². The lowest BCUT2D eigenvalue weighted by atomic mass is 9.98. The number of anilines is 2. The molecule has 6 nitrogen and oxygen atoms in total. The number of aromatic nitrogens is 2. The first-order valence-electron chi connectivity index (χ1n) is 9.12. The van der Waals surface area contributed by atoms with E-state index in [2.05, 4.69) is 21.5 Å². The average Bonchev–Trinajstić information content (AvgIpc) is 3.05. The number of hydrogen-bond acceptors (Lipinski definition) is 5. The first-order chi connectivity index (χ1) is 13.2. The number of piperidine rings is 1. The highest BCUT2D eigenvalue weighted by Crippen LogP contribution is 2.40. The summed E-state index contributed by atoms with van der Waals surface area (Å²) in [6.07, 6.45) is 5.82. The molecule has 0 spiro atoms. The van der Waals surface area contributed by atoms with Crippen molar-refractivity contribution < 1.29 is 9.90 Å². The molecule has 1 atom stereocenters. The molecule has 0 bridgehead atoms. The molecule has 3 aromatic rings. The Morgan fingerprint density at radius 2 is 2.11 bits per heavy atom. The van der Waals surface area contributed by atoms with Crippen LogP contribution in [0.3, 0.4) is 0 Å². The van der Waals surface area contributed by atoms with Gasteiger partial charge in [-0.2, -0.15) is 4.98 Å². The summed E-state index contributed by atoms with van der Waals surface area (Å²) in [5.74, 6) is 0.203. The molecule has 1 saturated heterocycles. The highest BCUT2D eigenvalue weighted by atomic mass is 32.2. The first-order valence-corrected chi connectivity index (χ1v) is 10.8. The number of aliphatic hydroxyl groups is 1. The highest BCUT2D eigenvalue weighted by molar-refractivity contribution is 7.38. The summed E-state index contributed by atoms with van der Waals surface area (Å²) in [7, 11) is -0.119. The summed E-state index contributed by atoms with van der Waals surface area (Å²) in [5, 5.41) is 13.4. The smallest absolute Gasteiger partial charge is 0.343 e. The van der Waals surface area contributed by atoms with Gasteiger partial charge in [0.15, 0.2) is 0 Å². The van der Waals surface area contributed by atoms with Crippen LogP contribution in [0, 0.1) is 5.92 Å². The van der Waals surface area contributed by atoms with Crippen molar-refractivity contribution in [3.8, 4) is 0 Å². The molecule has 7 heteroatoms. The van der Waals surface area contributed by atoms with Gasteiger partial charge in [-0.15, -0.1) is 0 Å². The number of aryl methyl sites for hydroxylation is 1. The van der Waals surface area contributed by atoms with Gasteiger partial charge in [0, 0.05) is 48.1 Å². The van der Waals surface area contributed by atoms with E-state index >= 15 is 0 Å². The van der Waals surface area contributed by atoms with Crippen molar-refractivity contribution in [3.63, 3.8) is 0 Å². The fourth-order valence-electron chi connectivity index (χ4n) is 3.46. The third kappa shape index (κ3) is 3.65. The van der Waals surface area contributed by atoms with Gasteiger partial charge >= 0.3 is 5.13 Å². The number of hydrogen-bond donors (Lipinski definition) is 2. The van der Waals surface area contributed by atoms with Gasteiger partial charge in [-0.3, -0.25) is 9.78 Å². The topological polar surface area (TPSA) is 78.4 Å². The second-order valence-electron chi connectivity index (χ2n) is 6.87. The lowest BCUT2D eigenvalue weighted by Crippen LogP contribution is -2.34. The van der Waals surface area contributed by atoms with Crippen LogP contribution in [0.1, 0.15) is 23.3 Å². The minimum atomic E-state index is -0.211. The summed E-state index contributed by atoms with van der Waals surface area (Å²) in [5.41, 5.74) is 2.15. The molecule has 1 aliphatic rings. The van der Waals surface area contributed by atoms with Crippen LogP contribution in [0.15, 0.2) is 42.6 Å². The minimum absolute atomic E-state index is 0.119. The third-order valence-corrected chi connectivity index (χ3v) is 6.96. The Morgan fingerprint density at radius 1 is 1.30 bits per heavy atom. The molecule has 0 radical (unpaired) electrons. The zero-order valence-electron chi connectivity index (χ0n) is 15.3. The van der Waals surface area contributed by atoms with Gasteiger partial charge in [0.2, 0.25) is 4.70 Å². The number of carbonyl (C=O) groups is 1. The second kappa shape index (κ2) is 7.62. The Morgan fingerprint density at radius 3 is 2.81 bits per heavy atom. The van der Waals surface area contributed by atoms with Crippen LogP contribution in [-0.4, -0.2) is 40.7 Å². The number of nitrogens with one attached hydrogen (secondary N) is 1. The van der Waals surface area contributed by atoms with Crippen LogP contribution >= 0.6 is 10.5 Å². The zero-order valence-corrected chi connectivity index (χ0v) is 16.1. The van der Waals surface area contributed by atoms with Gasteiger partial charge in [-0.1, -0.05) is 6.07 Å². The van der Waals surface area contributed by atoms with Crippen molar-refractivity contribution in [1.82, 2.24) is 9.97 Å². The molecular formula is C20H23N4O2S+. The van der Waals surface area contributed by atoms with Crippen molar-refractivity contribution in [3.05, 3.63) is 48.3 Å².